The first-order valence-electron chi connectivity index (χ1n) is 6.29. The number of rotatable bonds is 3. The summed E-state index contributed by atoms with van der Waals surface area (Å²) in [5, 5.41) is 7.00. The number of carbonyl (C=O) groups is 2. The number of nitrogens with zero attached hydrogens (tertiary/aromatic N) is 3. The van der Waals surface area contributed by atoms with Gasteiger partial charge in [-0.25, -0.2) is 0 Å². The molecule has 1 fully saturated rings. The van der Waals surface area contributed by atoms with Gasteiger partial charge in [-0.2, -0.15) is 5.10 Å². The molecule has 0 bridgehead atoms. The molecule has 1 saturated heterocycles. The molecule has 1 aromatic heterocycles. The second kappa shape index (κ2) is 5.73. The number of carbonyl (C=O) groups excluding carboxylic acids is 2. The van der Waals surface area contributed by atoms with E-state index < -0.39 is 0 Å². The molecule has 6 nitrogen and oxygen atoms in total. The first-order valence-corrected chi connectivity index (χ1v) is 7.08. The molecular formula is C12H17BrN4O2. The lowest BCUT2D eigenvalue weighted by molar-refractivity contribution is -0.130. The summed E-state index contributed by atoms with van der Waals surface area (Å²) in [6.45, 7) is 5.69. The Kier molecular flexibility index (Phi) is 4.24. The third-order valence-electron chi connectivity index (χ3n) is 3.19. The fourth-order valence-corrected chi connectivity index (χ4v) is 2.51. The van der Waals surface area contributed by atoms with Crippen molar-refractivity contribution in [1.82, 2.24) is 20.0 Å². The fraction of sp³-hybridized carbons (Fsp3) is 0.583. The van der Waals surface area contributed by atoms with Crippen molar-refractivity contribution in [2.75, 3.05) is 13.1 Å². The van der Waals surface area contributed by atoms with Crippen LogP contribution in [0, 0.1) is 6.92 Å². The Morgan fingerprint density at radius 3 is 2.84 bits per heavy atom. The maximum absolute atomic E-state index is 11.9. The lowest BCUT2D eigenvalue weighted by atomic mass is 10.3. The van der Waals surface area contributed by atoms with Crippen molar-refractivity contribution in [3.05, 3.63) is 15.9 Å². The molecule has 0 aliphatic carbocycles. The molecule has 0 saturated carbocycles. The van der Waals surface area contributed by atoms with Gasteiger partial charge in [-0.15, -0.1) is 0 Å². The van der Waals surface area contributed by atoms with Crippen LogP contribution >= 0.6 is 15.9 Å². The van der Waals surface area contributed by atoms with E-state index in [1.807, 2.05) is 18.5 Å². The Morgan fingerprint density at radius 2 is 2.16 bits per heavy atom. The van der Waals surface area contributed by atoms with Crippen LogP contribution in [0.5, 0.6) is 0 Å². The second-order valence-corrected chi connectivity index (χ2v) is 5.30. The van der Waals surface area contributed by atoms with Crippen LogP contribution in [-0.4, -0.2) is 39.6 Å². The molecule has 1 aliphatic heterocycles. The lowest BCUT2D eigenvalue weighted by Crippen LogP contribution is -2.35. The number of hydrogen-bond donors (Lipinski definition) is 1. The molecule has 0 radical (unpaired) electrons. The summed E-state index contributed by atoms with van der Waals surface area (Å²) in [4.78, 5) is 25.0. The first kappa shape index (κ1) is 14.0. The highest BCUT2D eigenvalue weighted by Crippen LogP contribution is 2.22. The van der Waals surface area contributed by atoms with Crippen molar-refractivity contribution >= 4 is 27.7 Å². The Hall–Kier alpha value is -1.37. The van der Waals surface area contributed by atoms with Gasteiger partial charge < -0.3 is 10.2 Å². The largest absolute Gasteiger partial charge is 0.347 e. The quantitative estimate of drug-likeness (QED) is 0.893. The van der Waals surface area contributed by atoms with E-state index in [0.717, 1.165) is 22.4 Å². The Labute approximate surface area is 120 Å². The molecule has 0 atom stereocenters. The van der Waals surface area contributed by atoms with Crippen molar-refractivity contribution in [3.63, 3.8) is 0 Å². The normalized spacial score (nSPS) is 16.5. The minimum atomic E-state index is -0.0740. The highest BCUT2D eigenvalue weighted by molar-refractivity contribution is 9.10. The van der Waals surface area contributed by atoms with E-state index >= 15 is 0 Å². The standard InChI is InChI=1S/C12H17BrN4O2/c1-3-17-9(12(13)8(2)15-17)7-16-5-4-10(18)14-6-11(16)19/h3-7H2,1-2H3,(H,14,18). The minimum Gasteiger partial charge on any atom is -0.347 e. The van der Waals surface area contributed by atoms with Gasteiger partial charge in [-0.3, -0.25) is 14.3 Å². The topological polar surface area (TPSA) is 67.2 Å². The highest BCUT2D eigenvalue weighted by atomic mass is 79.9. The van der Waals surface area contributed by atoms with E-state index in [0.29, 0.717) is 19.5 Å². The molecular weight excluding hydrogens is 312 g/mol. The van der Waals surface area contributed by atoms with E-state index in [9.17, 15) is 9.59 Å². The molecule has 19 heavy (non-hydrogen) atoms. The third kappa shape index (κ3) is 2.97. The van der Waals surface area contributed by atoms with Gasteiger partial charge in [0.2, 0.25) is 11.8 Å². The summed E-state index contributed by atoms with van der Waals surface area (Å²) in [5.74, 6) is -0.130. The zero-order chi connectivity index (χ0) is 14.0. The second-order valence-electron chi connectivity index (χ2n) is 4.50. The van der Waals surface area contributed by atoms with E-state index in [4.69, 9.17) is 0 Å². The Morgan fingerprint density at radius 1 is 1.42 bits per heavy atom. The van der Waals surface area contributed by atoms with Crippen molar-refractivity contribution in [1.29, 1.82) is 0 Å². The maximum atomic E-state index is 11.9. The van der Waals surface area contributed by atoms with Crippen molar-refractivity contribution < 1.29 is 9.59 Å². The third-order valence-corrected chi connectivity index (χ3v) is 4.22. The van der Waals surface area contributed by atoms with E-state index in [-0.39, 0.29) is 18.4 Å². The van der Waals surface area contributed by atoms with Gasteiger partial charge in [0.05, 0.1) is 29.0 Å². The summed E-state index contributed by atoms with van der Waals surface area (Å²) in [6, 6.07) is 0. The summed E-state index contributed by atoms with van der Waals surface area (Å²) in [5.41, 5.74) is 1.89. The summed E-state index contributed by atoms with van der Waals surface area (Å²) in [6.07, 6.45) is 0.350. The first-order chi connectivity index (χ1) is 9.02. The molecule has 7 heteroatoms. The predicted molar refractivity (Wildman–Crippen MR) is 73.4 cm³/mol. The molecule has 0 aromatic carbocycles. The molecule has 0 unspecified atom stereocenters. The molecule has 0 spiro atoms. The SMILES string of the molecule is CCn1nc(C)c(Br)c1CN1CCC(=O)NCC1=O. The molecule has 104 valence electrons. The van der Waals surface area contributed by atoms with Gasteiger partial charge in [0.25, 0.3) is 0 Å². The van der Waals surface area contributed by atoms with E-state index in [1.165, 1.54) is 0 Å². The van der Waals surface area contributed by atoms with Crippen LogP contribution in [0.4, 0.5) is 0 Å². The molecule has 1 aromatic rings. The van der Waals surface area contributed by atoms with Crippen LogP contribution in [0.25, 0.3) is 0 Å². The van der Waals surface area contributed by atoms with Gasteiger partial charge in [-0.05, 0) is 29.8 Å². The number of hydrogen-bond acceptors (Lipinski definition) is 3. The molecule has 1 aliphatic rings. The number of nitrogens with one attached hydrogen (secondary N) is 1. The predicted octanol–water partition coefficient (Wildman–Crippen LogP) is 0.822. The zero-order valence-corrected chi connectivity index (χ0v) is 12.7. The molecule has 2 rings (SSSR count). The van der Waals surface area contributed by atoms with Crippen molar-refractivity contribution in [2.24, 2.45) is 0 Å². The fourth-order valence-electron chi connectivity index (χ4n) is 2.10. The van der Waals surface area contributed by atoms with Gasteiger partial charge in [-0.1, -0.05) is 0 Å². The average Bonchev–Trinajstić information content (AvgIpc) is 2.56. The smallest absolute Gasteiger partial charge is 0.242 e. The lowest BCUT2D eigenvalue weighted by Gasteiger charge is -2.20. The van der Waals surface area contributed by atoms with Crippen molar-refractivity contribution in [2.45, 2.75) is 33.4 Å². The average molecular weight is 329 g/mol. The zero-order valence-electron chi connectivity index (χ0n) is 11.1. The number of amides is 2. The summed E-state index contributed by atoms with van der Waals surface area (Å²) in [7, 11) is 0. The van der Waals surface area contributed by atoms with Crippen LogP contribution in [0.2, 0.25) is 0 Å². The van der Waals surface area contributed by atoms with Crippen LogP contribution in [0.1, 0.15) is 24.7 Å². The van der Waals surface area contributed by atoms with Crippen molar-refractivity contribution in [3.8, 4) is 0 Å². The Balaban J connectivity index is 2.20. The Bertz CT molecular complexity index is 512. The van der Waals surface area contributed by atoms with E-state index in [1.54, 1.807) is 4.90 Å². The molecule has 1 N–H and O–H groups in total. The van der Waals surface area contributed by atoms with Gasteiger partial charge in [0.15, 0.2) is 0 Å². The van der Waals surface area contributed by atoms with Gasteiger partial charge >= 0.3 is 0 Å². The number of halogens is 1. The van der Waals surface area contributed by atoms with Gasteiger partial charge in [0.1, 0.15) is 0 Å². The van der Waals surface area contributed by atoms with Gasteiger partial charge in [0, 0.05) is 19.5 Å². The summed E-state index contributed by atoms with van der Waals surface area (Å²) < 4.78 is 2.82. The molecule has 2 heterocycles. The maximum Gasteiger partial charge on any atom is 0.242 e. The highest BCUT2D eigenvalue weighted by Gasteiger charge is 2.23. The van der Waals surface area contributed by atoms with Crippen LogP contribution in [0.3, 0.4) is 0 Å². The van der Waals surface area contributed by atoms with Crippen LogP contribution in [-0.2, 0) is 22.7 Å². The minimum absolute atomic E-state index is 0.0562. The van der Waals surface area contributed by atoms with Crippen LogP contribution in [0.15, 0.2) is 4.47 Å². The van der Waals surface area contributed by atoms with Crippen LogP contribution < -0.4 is 5.32 Å². The number of aryl methyl sites for hydroxylation is 2. The monoisotopic (exact) mass is 328 g/mol. The van der Waals surface area contributed by atoms with E-state index in [2.05, 4.69) is 26.3 Å². The summed E-state index contributed by atoms with van der Waals surface area (Å²) >= 11 is 3.52. The number of aromatic nitrogens is 2. The molecule has 2 amide bonds.